The van der Waals surface area contributed by atoms with Gasteiger partial charge in [-0.15, -0.1) is 21.5 Å². The second-order valence-electron chi connectivity index (χ2n) is 7.99. The first-order valence-electron chi connectivity index (χ1n) is 10.4. The molecule has 8 heteroatoms. The molecule has 1 aliphatic rings. The highest BCUT2D eigenvalue weighted by Gasteiger charge is 2.23. The zero-order valence-electron chi connectivity index (χ0n) is 18.0. The molecule has 6 nitrogen and oxygen atoms in total. The molecule has 0 radical (unpaired) electrons. The van der Waals surface area contributed by atoms with Gasteiger partial charge in [0.15, 0.2) is 11.0 Å². The molecule has 0 fully saturated rings. The van der Waals surface area contributed by atoms with Crippen LogP contribution in [-0.4, -0.2) is 38.4 Å². The van der Waals surface area contributed by atoms with Crippen molar-refractivity contribution in [1.29, 1.82) is 0 Å². The van der Waals surface area contributed by atoms with Crippen LogP contribution in [0.15, 0.2) is 27.8 Å². The van der Waals surface area contributed by atoms with Crippen molar-refractivity contribution in [3.63, 3.8) is 0 Å². The summed E-state index contributed by atoms with van der Waals surface area (Å²) < 4.78 is 7.56. The molecule has 1 amide bonds. The van der Waals surface area contributed by atoms with E-state index in [1.165, 1.54) is 52.8 Å². The molecule has 0 saturated heterocycles. The molecule has 3 aromatic rings. The van der Waals surface area contributed by atoms with Crippen molar-refractivity contribution in [2.45, 2.75) is 51.2 Å². The average Bonchev–Trinajstić information content (AvgIpc) is 3.43. The van der Waals surface area contributed by atoms with Gasteiger partial charge in [-0.25, -0.2) is 0 Å². The number of aryl methyl sites for hydroxylation is 2. The van der Waals surface area contributed by atoms with Crippen molar-refractivity contribution >= 4 is 29.0 Å². The molecular weight excluding hydrogens is 416 g/mol. The maximum atomic E-state index is 12.5. The second kappa shape index (κ2) is 8.98. The highest BCUT2D eigenvalue weighted by molar-refractivity contribution is 7.99. The van der Waals surface area contributed by atoms with E-state index in [0.29, 0.717) is 12.3 Å². The van der Waals surface area contributed by atoms with Crippen LogP contribution in [0.4, 0.5) is 0 Å². The molecule has 0 N–H and O–H groups in total. The molecule has 0 aromatic carbocycles. The summed E-state index contributed by atoms with van der Waals surface area (Å²) in [5.41, 5.74) is 1.48. The van der Waals surface area contributed by atoms with Crippen LogP contribution in [0, 0.1) is 12.8 Å². The van der Waals surface area contributed by atoms with Crippen LogP contribution >= 0.6 is 23.1 Å². The van der Waals surface area contributed by atoms with Gasteiger partial charge in [-0.1, -0.05) is 25.1 Å². The van der Waals surface area contributed by atoms with Gasteiger partial charge in [-0.3, -0.25) is 4.79 Å². The number of amides is 1. The van der Waals surface area contributed by atoms with Crippen molar-refractivity contribution in [2.24, 2.45) is 13.0 Å². The van der Waals surface area contributed by atoms with E-state index in [9.17, 15) is 4.79 Å². The topological polar surface area (TPSA) is 64.2 Å². The summed E-state index contributed by atoms with van der Waals surface area (Å²) in [4.78, 5) is 16.9. The number of carbonyl (C=O) groups excluding carboxylic acids is 1. The third kappa shape index (κ3) is 4.49. The Bertz CT molecular complexity index is 1040. The number of hydrogen-bond acceptors (Lipinski definition) is 6. The molecule has 0 aliphatic heterocycles. The number of fused-ring (bicyclic) bond motifs is 1. The molecule has 30 heavy (non-hydrogen) atoms. The van der Waals surface area contributed by atoms with Crippen LogP contribution in [-0.2, 0) is 31.2 Å². The van der Waals surface area contributed by atoms with Crippen molar-refractivity contribution in [3.8, 4) is 10.7 Å². The Morgan fingerprint density at radius 3 is 2.97 bits per heavy atom. The number of nitrogens with zero attached hydrogens (tertiary/aromatic N) is 4. The zero-order valence-corrected chi connectivity index (χ0v) is 19.6. The van der Waals surface area contributed by atoms with Crippen molar-refractivity contribution in [2.75, 3.05) is 12.8 Å². The lowest BCUT2D eigenvalue weighted by molar-refractivity contribution is -0.127. The fourth-order valence-electron chi connectivity index (χ4n) is 3.84. The summed E-state index contributed by atoms with van der Waals surface area (Å²) in [7, 11) is 3.77. The number of thiophene rings is 1. The van der Waals surface area contributed by atoms with Crippen molar-refractivity contribution in [3.05, 3.63) is 40.2 Å². The summed E-state index contributed by atoms with van der Waals surface area (Å²) in [6.07, 6.45) is 4.89. The lowest BCUT2D eigenvalue weighted by Crippen LogP contribution is -2.27. The first kappa shape index (κ1) is 21.2. The number of aromatic nitrogens is 3. The third-order valence-corrected chi connectivity index (χ3v) is 8.00. The van der Waals surface area contributed by atoms with Crippen LogP contribution < -0.4 is 0 Å². The monoisotopic (exact) mass is 444 g/mol. The first-order valence-corrected chi connectivity index (χ1v) is 12.2. The van der Waals surface area contributed by atoms with Crippen LogP contribution in [0.5, 0.6) is 0 Å². The third-order valence-electron chi connectivity index (χ3n) is 5.76. The molecule has 3 aromatic heterocycles. The van der Waals surface area contributed by atoms with Gasteiger partial charge in [0.2, 0.25) is 5.91 Å². The lowest BCUT2D eigenvalue weighted by atomic mass is 9.87. The maximum Gasteiger partial charge on any atom is 0.233 e. The van der Waals surface area contributed by atoms with E-state index in [1.807, 2.05) is 42.0 Å². The first-order chi connectivity index (χ1) is 14.4. The predicted octanol–water partition coefficient (Wildman–Crippen LogP) is 4.71. The fourth-order valence-corrected chi connectivity index (χ4v) is 5.92. The Morgan fingerprint density at radius 2 is 2.23 bits per heavy atom. The number of furan rings is 1. The minimum Gasteiger partial charge on any atom is -0.464 e. The molecule has 1 atom stereocenters. The SMILES string of the molecule is CCC1CCc2sc(-c3nnc(SCC(=O)N(C)Cc4ccc(C)o4)n3C)cc2C1. The quantitative estimate of drug-likeness (QED) is 0.494. The number of hydrogen-bond donors (Lipinski definition) is 0. The predicted molar refractivity (Wildman–Crippen MR) is 121 cm³/mol. The normalized spacial score (nSPS) is 15.9. The number of rotatable bonds is 7. The van der Waals surface area contributed by atoms with Gasteiger partial charge in [-0.05, 0) is 55.9 Å². The highest BCUT2D eigenvalue weighted by Crippen LogP contribution is 2.38. The minimum absolute atomic E-state index is 0.0378. The Kier molecular flexibility index (Phi) is 6.34. The Labute approximate surface area is 185 Å². The van der Waals surface area contributed by atoms with Crippen molar-refractivity contribution in [1.82, 2.24) is 19.7 Å². The van der Waals surface area contributed by atoms with Crippen LogP contribution in [0.2, 0.25) is 0 Å². The Morgan fingerprint density at radius 1 is 1.40 bits per heavy atom. The fraction of sp³-hybridized carbons (Fsp3) is 0.500. The smallest absolute Gasteiger partial charge is 0.233 e. The van der Waals surface area contributed by atoms with Gasteiger partial charge < -0.3 is 13.9 Å². The minimum atomic E-state index is 0.0378. The molecule has 160 valence electrons. The van der Waals surface area contributed by atoms with E-state index in [2.05, 4.69) is 23.2 Å². The van der Waals surface area contributed by atoms with Crippen LogP contribution in [0.1, 0.15) is 41.7 Å². The highest BCUT2D eigenvalue weighted by atomic mass is 32.2. The van der Waals surface area contributed by atoms with Crippen LogP contribution in [0.3, 0.4) is 0 Å². The maximum absolute atomic E-state index is 12.5. The van der Waals surface area contributed by atoms with Crippen molar-refractivity contribution < 1.29 is 9.21 Å². The molecule has 1 aliphatic carbocycles. The molecular formula is C22H28N4O2S2. The van der Waals surface area contributed by atoms with E-state index in [0.717, 1.165) is 28.4 Å². The molecule has 1 unspecified atom stereocenters. The Balaban J connectivity index is 1.39. The summed E-state index contributed by atoms with van der Waals surface area (Å²) >= 11 is 3.27. The second-order valence-corrected chi connectivity index (χ2v) is 10.1. The molecule has 0 spiro atoms. The summed E-state index contributed by atoms with van der Waals surface area (Å²) in [6.45, 7) is 4.65. The zero-order chi connectivity index (χ0) is 21.3. The molecule has 0 bridgehead atoms. The van der Waals surface area contributed by atoms with Gasteiger partial charge in [-0.2, -0.15) is 0 Å². The van der Waals surface area contributed by atoms with Gasteiger partial charge in [0.25, 0.3) is 0 Å². The summed E-state index contributed by atoms with van der Waals surface area (Å²) in [6, 6.07) is 6.11. The van der Waals surface area contributed by atoms with Gasteiger partial charge in [0.05, 0.1) is 17.2 Å². The molecule has 4 rings (SSSR count). The van der Waals surface area contributed by atoms with E-state index >= 15 is 0 Å². The lowest BCUT2D eigenvalue weighted by Gasteiger charge is -2.19. The standard InChI is InChI=1S/C22H28N4O2S2/c1-5-15-7-9-18-16(10-15)11-19(30-18)21-23-24-22(26(21)4)29-13-20(27)25(3)12-17-8-6-14(2)28-17/h6,8,11,15H,5,7,9-10,12-13H2,1-4H3. The van der Waals surface area contributed by atoms with Gasteiger partial charge in [0, 0.05) is 19.0 Å². The number of carbonyl (C=O) groups is 1. The Hall–Kier alpha value is -2.06. The van der Waals surface area contributed by atoms with Gasteiger partial charge >= 0.3 is 0 Å². The average molecular weight is 445 g/mol. The molecule has 0 saturated carbocycles. The molecule has 3 heterocycles. The number of thioether (sulfide) groups is 1. The summed E-state index contributed by atoms with van der Waals surface area (Å²) in [5.74, 6) is 3.70. The van der Waals surface area contributed by atoms with E-state index < -0.39 is 0 Å². The largest absolute Gasteiger partial charge is 0.464 e. The van der Waals surface area contributed by atoms with Crippen LogP contribution in [0.25, 0.3) is 10.7 Å². The van der Waals surface area contributed by atoms with E-state index in [1.54, 1.807) is 11.9 Å². The van der Waals surface area contributed by atoms with E-state index in [-0.39, 0.29) is 5.91 Å². The van der Waals surface area contributed by atoms with E-state index in [4.69, 9.17) is 4.42 Å². The summed E-state index contributed by atoms with van der Waals surface area (Å²) in [5, 5.41) is 9.53. The van der Waals surface area contributed by atoms with Gasteiger partial charge in [0.1, 0.15) is 11.5 Å².